The lowest BCUT2D eigenvalue weighted by molar-refractivity contribution is -0.130. The molecule has 3 aromatic heterocycles. The summed E-state index contributed by atoms with van der Waals surface area (Å²) >= 11 is 0. The molecule has 1 atom stereocenters. The van der Waals surface area contributed by atoms with Crippen LogP contribution in [0, 0.1) is 0 Å². The van der Waals surface area contributed by atoms with Gasteiger partial charge in [-0.3, -0.25) is 4.79 Å². The van der Waals surface area contributed by atoms with Crippen LogP contribution in [-0.4, -0.2) is 43.4 Å². The maximum Gasteiger partial charge on any atom is 0.231 e. The number of rotatable bonds is 2. The largest absolute Gasteiger partial charge is 0.342 e. The lowest BCUT2D eigenvalue weighted by Crippen LogP contribution is -2.37. The summed E-state index contributed by atoms with van der Waals surface area (Å²) in [5, 5.41) is 4.06. The Morgan fingerprint density at radius 3 is 3.09 bits per heavy atom. The average Bonchev–Trinajstić information content (AvgIpc) is 3.21. The van der Waals surface area contributed by atoms with Crippen LogP contribution in [-0.2, 0) is 4.79 Å². The van der Waals surface area contributed by atoms with Gasteiger partial charge < -0.3 is 13.8 Å². The highest BCUT2D eigenvalue weighted by Crippen LogP contribution is 2.27. The van der Waals surface area contributed by atoms with Gasteiger partial charge in [0, 0.05) is 32.4 Å². The Morgan fingerprint density at radius 1 is 1.35 bits per heavy atom. The van der Waals surface area contributed by atoms with Crippen molar-refractivity contribution in [2.45, 2.75) is 25.7 Å². The Bertz CT molecular complexity index is 820. The number of nitrogens with zero attached hydrogens (tertiary/aromatic N) is 5. The second-order valence-electron chi connectivity index (χ2n) is 5.85. The maximum atomic E-state index is 11.5. The van der Waals surface area contributed by atoms with Crippen molar-refractivity contribution in [3.05, 3.63) is 36.5 Å². The predicted octanol–water partition coefficient (Wildman–Crippen LogP) is 2.11. The van der Waals surface area contributed by atoms with Crippen molar-refractivity contribution in [2.24, 2.45) is 0 Å². The van der Waals surface area contributed by atoms with Gasteiger partial charge in [-0.05, 0) is 25.0 Å². The zero-order valence-electron chi connectivity index (χ0n) is 12.8. The minimum atomic E-state index is 0.0924. The molecule has 0 N–H and O–H groups in total. The summed E-state index contributed by atoms with van der Waals surface area (Å²) in [6, 6.07) is 5.81. The molecule has 118 valence electrons. The van der Waals surface area contributed by atoms with Crippen LogP contribution in [0.2, 0.25) is 0 Å². The summed E-state index contributed by atoms with van der Waals surface area (Å²) in [6.45, 7) is 3.04. The fraction of sp³-hybridized carbons (Fsp3) is 0.375. The molecule has 23 heavy (non-hydrogen) atoms. The van der Waals surface area contributed by atoms with E-state index in [4.69, 9.17) is 4.52 Å². The van der Waals surface area contributed by atoms with Crippen molar-refractivity contribution in [1.29, 1.82) is 0 Å². The minimum Gasteiger partial charge on any atom is -0.342 e. The Kier molecular flexibility index (Phi) is 3.33. The van der Waals surface area contributed by atoms with Crippen molar-refractivity contribution in [2.75, 3.05) is 13.1 Å². The number of likely N-dealkylation sites (tertiary alicyclic amines) is 1. The smallest absolute Gasteiger partial charge is 0.231 e. The molecule has 7 heteroatoms. The lowest BCUT2D eigenvalue weighted by Gasteiger charge is -2.29. The molecule has 4 heterocycles. The number of carbonyl (C=O) groups excluding carboxylic acids is 1. The molecule has 1 fully saturated rings. The van der Waals surface area contributed by atoms with Crippen LogP contribution in [0.4, 0.5) is 0 Å². The van der Waals surface area contributed by atoms with Gasteiger partial charge in [-0.15, -0.1) is 0 Å². The van der Waals surface area contributed by atoms with Crippen molar-refractivity contribution in [1.82, 2.24) is 24.4 Å². The van der Waals surface area contributed by atoms with E-state index in [0.29, 0.717) is 24.0 Å². The lowest BCUT2D eigenvalue weighted by atomic mass is 9.98. The van der Waals surface area contributed by atoms with E-state index in [1.807, 2.05) is 39.9 Å². The van der Waals surface area contributed by atoms with E-state index in [2.05, 4.69) is 15.1 Å². The van der Waals surface area contributed by atoms with Crippen molar-refractivity contribution < 1.29 is 9.32 Å². The van der Waals surface area contributed by atoms with Gasteiger partial charge in [0.15, 0.2) is 0 Å². The molecule has 1 aliphatic heterocycles. The number of amides is 1. The molecule has 1 aliphatic rings. The number of imidazole rings is 1. The number of aromatic nitrogens is 4. The van der Waals surface area contributed by atoms with Crippen molar-refractivity contribution >= 4 is 11.6 Å². The third-order valence-electron chi connectivity index (χ3n) is 4.25. The molecule has 0 radical (unpaired) electrons. The number of hydrogen-bond acceptors (Lipinski definition) is 5. The van der Waals surface area contributed by atoms with E-state index >= 15 is 0 Å². The van der Waals surface area contributed by atoms with Gasteiger partial charge in [-0.1, -0.05) is 11.2 Å². The van der Waals surface area contributed by atoms with E-state index < -0.39 is 0 Å². The number of pyridine rings is 1. The molecule has 0 aromatic carbocycles. The monoisotopic (exact) mass is 311 g/mol. The summed E-state index contributed by atoms with van der Waals surface area (Å²) in [4.78, 5) is 22.4. The maximum absolute atomic E-state index is 11.5. The number of piperidine rings is 1. The van der Waals surface area contributed by atoms with Crippen LogP contribution in [0.15, 0.2) is 35.1 Å². The Balaban J connectivity index is 1.60. The van der Waals surface area contributed by atoms with Crippen LogP contribution in [0.5, 0.6) is 0 Å². The van der Waals surface area contributed by atoms with E-state index in [1.54, 1.807) is 6.92 Å². The normalized spacial score (nSPS) is 18.5. The number of fused-ring (bicyclic) bond motifs is 1. The zero-order valence-corrected chi connectivity index (χ0v) is 12.8. The van der Waals surface area contributed by atoms with Crippen LogP contribution in [0.3, 0.4) is 0 Å². The first-order valence-corrected chi connectivity index (χ1v) is 7.74. The van der Waals surface area contributed by atoms with E-state index in [0.717, 1.165) is 25.0 Å². The molecular weight excluding hydrogens is 294 g/mol. The summed E-state index contributed by atoms with van der Waals surface area (Å²) in [6.07, 6.45) is 5.72. The van der Waals surface area contributed by atoms with Gasteiger partial charge >= 0.3 is 0 Å². The fourth-order valence-electron chi connectivity index (χ4n) is 3.01. The number of carbonyl (C=O) groups is 1. The molecular formula is C16H17N5O2. The summed E-state index contributed by atoms with van der Waals surface area (Å²) in [5.41, 5.74) is 1.53. The predicted molar refractivity (Wildman–Crippen MR) is 82.7 cm³/mol. The molecule has 0 bridgehead atoms. The fourth-order valence-corrected chi connectivity index (χ4v) is 3.01. The van der Waals surface area contributed by atoms with E-state index in [9.17, 15) is 4.79 Å². The van der Waals surface area contributed by atoms with Crippen LogP contribution in [0.25, 0.3) is 17.2 Å². The molecule has 0 aliphatic carbocycles. The molecule has 0 saturated carbocycles. The minimum absolute atomic E-state index is 0.0924. The van der Waals surface area contributed by atoms with E-state index in [1.165, 1.54) is 0 Å². The van der Waals surface area contributed by atoms with Gasteiger partial charge in [0.25, 0.3) is 0 Å². The Morgan fingerprint density at radius 2 is 2.26 bits per heavy atom. The van der Waals surface area contributed by atoms with Crippen LogP contribution < -0.4 is 0 Å². The van der Waals surface area contributed by atoms with Crippen molar-refractivity contribution in [3.63, 3.8) is 0 Å². The van der Waals surface area contributed by atoms with Crippen LogP contribution >= 0.6 is 0 Å². The quantitative estimate of drug-likeness (QED) is 0.724. The molecule has 0 spiro atoms. The molecule has 0 unspecified atom stereocenters. The highest BCUT2D eigenvalue weighted by molar-refractivity contribution is 5.73. The Hall–Kier alpha value is -2.70. The summed E-state index contributed by atoms with van der Waals surface area (Å²) in [5.74, 6) is 1.27. The first-order chi connectivity index (χ1) is 11.2. The van der Waals surface area contributed by atoms with E-state index in [-0.39, 0.29) is 11.8 Å². The standard InChI is InChI=1S/C16H17N5O2/c1-11(22)20-8-4-5-12(9-20)16-18-15(19-23-16)13-10-21-7-3-2-6-14(21)17-13/h2-3,6-7,10,12H,4-5,8-9H2,1H3/t12-/m0/s1. The summed E-state index contributed by atoms with van der Waals surface area (Å²) < 4.78 is 7.35. The van der Waals surface area contributed by atoms with Gasteiger partial charge in [-0.25, -0.2) is 4.98 Å². The topological polar surface area (TPSA) is 76.5 Å². The highest BCUT2D eigenvalue weighted by atomic mass is 16.5. The second kappa shape index (κ2) is 5.49. The zero-order chi connectivity index (χ0) is 15.8. The highest BCUT2D eigenvalue weighted by Gasteiger charge is 2.27. The Labute approximate surface area is 132 Å². The second-order valence-corrected chi connectivity index (χ2v) is 5.85. The third kappa shape index (κ3) is 2.58. The van der Waals surface area contributed by atoms with Gasteiger partial charge in [0.05, 0.1) is 5.92 Å². The number of hydrogen-bond donors (Lipinski definition) is 0. The summed E-state index contributed by atoms with van der Waals surface area (Å²) in [7, 11) is 0. The van der Waals surface area contributed by atoms with Gasteiger partial charge in [-0.2, -0.15) is 4.98 Å². The van der Waals surface area contributed by atoms with Crippen LogP contribution in [0.1, 0.15) is 31.6 Å². The molecule has 4 rings (SSSR count). The molecule has 1 saturated heterocycles. The molecule has 3 aromatic rings. The third-order valence-corrected chi connectivity index (χ3v) is 4.25. The first kappa shape index (κ1) is 13.9. The average molecular weight is 311 g/mol. The molecule has 7 nitrogen and oxygen atoms in total. The first-order valence-electron chi connectivity index (χ1n) is 7.74. The molecule has 1 amide bonds. The van der Waals surface area contributed by atoms with Gasteiger partial charge in [0.1, 0.15) is 11.3 Å². The van der Waals surface area contributed by atoms with Crippen molar-refractivity contribution in [3.8, 4) is 11.5 Å². The SMILES string of the molecule is CC(=O)N1CCC[C@H](c2nc(-c3cn4ccccc4n3)no2)C1. The van der Waals surface area contributed by atoms with Gasteiger partial charge in [0.2, 0.25) is 17.6 Å².